The first-order valence-electron chi connectivity index (χ1n) is 13.4. The Hall–Kier alpha value is -2.45. The van der Waals surface area contributed by atoms with Gasteiger partial charge in [0.2, 0.25) is 0 Å². The molecular formula is C30H50ClN3O4. The van der Waals surface area contributed by atoms with Crippen LogP contribution in [0, 0.1) is 6.92 Å². The van der Waals surface area contributed by atoms with E-state index in [1.807, 2.05) is 58.0 Å². The first-order chi connectivity index (χ1) is 18.1. The van der Waals surface area contributed by atoms with Crippen molar-refractivity contribution in [3.8, 4) is 11.5 Å². The summed E-state index contributed by atoms with van der Waals surface area (Å²) in [4.78, 5) is 0. The van der Waals surface area contributed by atoms with Gasteiger partial charge in [-0.05, 0) is 55.2 Å². The van der Waals surface area contributed by atoms with Crippen molar-refractivity contribution in [3.63, 3.8) is 0 Å². The number of ether oxygens (including phenoxy) is 2. The summed E-state index contributed by atoms with van der Waals surface area (Å²) in [6, 6.07) is 14.1. The van der Waals surface area contributed by atoms with Gasteiger partial charge in [0.05, 0.1) is 25.5 Å². The second-order valence-corrected chi connectivity index (χ2v) is 9.28. The van der Waals surface area contributed by atoms with Crippen molar-refractivity contribution in [1.29, 1.82) is 0 Å². The minimum absolute atomic E-state index is 0.0765. The first-order valence-corrected chi connectivity index (χ1v) is 13.9. The fourth-order valence-electron chi connectivity index (χ4n) is 3.48. The molecule has 0 fully saturated rings. The van der Waals surface area contributed by atoms with Crippen molar-refractivity contribution in [2.45, 2.75) is 73.3 Å². The van der Waals surface area contributed by atoms with Crippen LogP contribution in [0.15, 0.2) is 53.9 Å². The van der Waals surface area contributed by atoms with Crippen LogP contribution >= 0.6 is 11.6 Å². The van der Waals surface area contributed by atoms with Gasteiger partial charge in [0.15, 0.2) is 0 Å². The van der Waals surface area contributed by atoms with Crippen molar-refractivity contribution in [1.82, 2.24) is 5.01 Å². The number of hydrazine groups is 1. The molecule has 1 atom stereocenters. The predicted molar refractivity (Wildman–Crippen MR) is 160 cm³/mol. The van der Waals surface area contributed by atoms with Crippen LogP contribution in [0.5, 0.6) is 11.5 Å². The zero-order valence-corrected chi connectivity index (χ0v) is 25.3. The fourth-order valence-corrected chi connectivity index (χ4v) is 3.59. The van der Waals surface area contributed by atoms with Crippen molar-refractivity contribution in [2.75, 3.05) is 32.2 Å². The maximum Gasteiger partial charge on any atom is 0.122 e. The van der Waals surface area contributed by atoms with Gasteiger partial charge >= 0.3 is 0 Å². The van der Waals surface area contributed by atoms with E-state index in [9.17, 15) is 5.11 Å². The quantitative estimate of drug-likeness (QED) is 0.113. The summed E-state index contributed by atoms with van der Waals surface area (Å²) in [5.74, 6) is 8.02. The highest BCUT2D eigenvalue weighted by molar-refractivity contribution is 6.17. The van der Waals surface area contributed by atoms with Crippen LogP contribution in [0.3, 0.4) is 0 Å². The molecule has 216 valence electrons. The molecule has 7 nitrogen and oxygen atoms in total. The third-order valence-corrected chi connectivity index (χ3v) is 6.19. The van der Waals surface area contributed by atoms with E-state index in [4.69, 9.17) is 37.8 Å². The number of hydrogen-bond acceptors (Lipinski definition) is 7. The Morgan fingerprint density at radius 1 is 1.03 bits per heavy atom. The molecule has 38 heavy (non-hydrogen) atoms. The van der Waals surface area contributed by atoms with Crippen molar-refractivity contribution >= 4 is 11.6 Å². The zero-order valence-electron chi connectivity index (χ0n) is 24.6. The van der Waals surface area contributed by atoms with Crippen molar-refractivity contribution in [3.05, 3.63) is 70.5 Å². The molecule has 0 saturated carbocycles. The molecule has 0 heterocycles. The van der Waals surface area contributed by atoms with Gasteiger partial charge in [-0.25, -0.2) is 5.84 Å². The van der Waals surface area contributed by atoms with Gasteiger partial charge in [0.25, 0.3) is 0 Å². The number of aliphatic hydroxyl groups is 2. The largest absolute Gasteiger partial charge is 0.493 e. The minimum Gasteiger partial charge on any atom is -0.493 e. The number of hydrogen-bond donors (Lipinski definition) is 4. The Kier molecular flexibility index (Phi) is 17.5. The summed E-state index contributed by atoms with van der Waals surface area (Å²) < 4.78 is 11.6. The SMILES string of the molecule is C/C(=C(/N)CO)N(N)CC(O)COc1ccc(C(C)(C)c2ccc(OCCCCl)c(C)c2)cc1.CC.CC. The van der Waals surface area contributed by atoms with Crippen LogP contribution in [0.4, 0.5) is 0 Å². The van der Waals surface area contributed by atoms with E-state index in [0.717, 1.165) is 23.3 Å². The topological polar surface area (TPSA) is 114 Å². The lowest BCUT2D eigenvalue weighted by atomic mass is 9.77. The number of aliphatic hydroxyl groups excluding tert-OH is 2. The molecular weight excluding hydrogens is 502 g/mol. The molecule has 0 aliphatic rings. The monoisotopic (exact) mass is 551 g/mol. The van der Waals surface area contributed by atoms with Gasteiger partial charge in [-0.3, -0.25) is 0 Å². The maximum atomic E-state index is 10.2. The van der Waals surface area contributed by atoms with Crippen LogP contribution in [-0.2, 0) is 5.41 Å². The van der Waals surface area contributed by atoms with Crippen LogP contribution in [0.2, 0.25) is 0 Å². The zero-order chi connectivity index (χ0) is 29.3. The van der Waals surface area contributed by atoms with Gasteiger partial charge < -0.3 is 30.4 Å². The molecule has 6 N–H and O–H groups in total. The van der Waals surface area contributed by atoms with Crippen LogP contribution in [-0.4, -0.2) is 53.6 Å². The minimum atomic E-state index is -0.823. The molecule has 0 aromatic heterocycles. The van der Waals surface area contributed by atoms with Gasteiger partial charge in [0, 0.05) is 17.0 Å². The summed E-state index contributed by atoms with van der Waals surface area (Å²) in [7, 11) is 0. The fraction of sp³-hybridized carbons (Fsp3) is 0.533. The smallest absolute Gasteiger partial charge is 0.122 e. The van der Waals surface area contributed by atoms with Crippen LogP contribution < -0.4 is 21.1 Å². The molecule has 0 bridgehead atoms. The first kappa shape index (κ1) is 35.5. The van der Waals surface area contributed by atoms with Gasteiger partial charge in [-0.15, -0.1) is 11.6 Å². The standard InChI is InChI=1S/C26H38ClN3O4.2C2H6/c1-18-14-21(8-11-25(18)33-13-5-12-27)26(3,4)20-6-9-23(10-7-20)34-17-22(32)15-30(29)19(2)24(28)16-31;2*1-2/h6-11,14,22,31-32H,5,12-13,15-17,28-29H2,1-4H3;2*1-2H3/b24-19-;;. The second-order valence-electron chi connectivity index (χ2n) is 8.91. The Morgan fingerprint density at radius 2 is 1.61 bits per heavy atom. The molecule has 0 aliphatic heterocycles. The second kappa shape index (κ2) is 18.7. The normalized spacial score (nSPS) is 12.2. The third kappa shape index (κ3) is 11.1. The number of rotatable bonds is 13. The number of alkyl halides is 1. The number of halogens is 1. The van der Waals surface area contributed by atoms with Crippen molar-refractivity contribution < 1.29 is 19.7 Å². The summed E-state index contributed by atoms with van der Waals surface area (Å²) in [5.41, 5.74) is 9.66. The maximum absolute atomic E-state index is 10.2. The highest BCUT2D eigenvalue weighted by Gasteiger charge is 2.24. The molecule has 1 unspecified atom stereocenters. The Bertz CT molecular complexity index is 949. The van der Waals surface area contributed by atoms with Crippen molar-refractivity contribution in [2.24, 2.45) is 11.6 Å². The number of allylic oxidation sites excluding steroid dienone is 1. The van der Waals surface area contributed by atoms with E-state index in [1.165, 1.54) is 10.6 Å². The number of nitrogens with two attached hydrogens (primary N) is 2. The molecule has 2 aromatic carbocycles. The molecule has 2 aromatic rings. The summed E-state index contributed by atoms with van der Waals surface area (Å²) in [6.07, 6.45) is -0.00477. The molecule has 8 heteroatoms. The lowest BCUT2D eigenvalue weighted by Crippen LogP contribution is -2.40. The molecule has 0 spiro atoms. The molecule has 0 saturated heterocycles. The average molecular weight is 552 g/mol. The summed E-state index contributed by atoms with van der Waals surface area (Å²) >= 11 is 5.73. The number of aryl methyl sites for hydroxylation is 1. The van der Waals surface area contributed by atoms with E-state index >= 15 is 0 Å². The van der Waals surface area contributed by atoms with E-state index in [-0.39, 0.29) is 30.9 Å². The van der Waals surface area contributed by atoms with Gasteiger partial charge in [-0.2, -0.15) is 0 Å². The lowest BCUT2D eigenvalue weighted by molar-refractivity contribution is 0.0779. The third-order valence-electron chi connectivity index (χ3n) is 5.92. The average Bonchev–Trinajstić information content (AvgIpc) is 2.94. The van der Waals surface area contributed by atoms with Gasteiger partial charge in [-0.1, -0.05) is 65.8 Å². The molecule has 0 aliphatic carbocycles. The molecule has 0 radical (unpaired) electrons. The van der Waals surface area contributed by atoms with Crippen LogP contribution in [0.1, 0.15) is 71.6 Å². The molecule has 0 amide bonds. The van der Waals surface area contributed by atoms with E-state index in [1.54, 1.807) is 6.92 Å². The van der Waals surface area contributed by atoms with Crippen LogP contribution in [0.25, 0.3) is 0 Å². The number of benzene rings is 2. The van der Waals surface area contributed by atoms with E-state index < -0.39 is 6.10 Å². The Labute approximate surface area is 235 Å². The summed E-state index contributed by atoms with van der Waals surface area (Å²) in [6.45, 7) is 16.6. The van der Waals surface area contributed by atoms with E-state index in [0.29, 0.717) is 23.9 Å². The summed E-state index contributed by atoms with van der Waals surface area (Å²) in [5, 5.41) is 20.6. The Morgan fingerprint density at radius 3 is 2.13 bits per heavy atom. The predicted octanol–water partition coefficient (Wildman–Crippen LogP) is 5.48. The van der Waals surface area contributed by atoms with E-state index in [2.05, 4.69) is 32.9 Å². The Balaban J connectivity index is 0.00000326. The highest BCUT2D eigenvalue weighted by atomic mass is 35.5. The highest BCUT2D eigenvalue weighted by Crippen LogP contribution is 2.34. The number of nitrogens with zero attached hydrogens (tertiary/aromatic N) is 1. The molecule has 2 rings (SSSR count). The van der Waals surface area contributed by atoms with Gasteiger partial charge in [0.1, 0.15) is 24.2 Å². The lowest BCUT2D eigenvalue weighted by Gasteiger charge is -2.27.